The fourth-order valence-corrected chi connectivity index (χ4v) is 3.18. The molecule has 2 aromatic carbocycles. The van der Waals surface area contributed by atoms with E-state index in [2.05, 4.69) is 63.9 Å². The Morgan fingerprint density at radius 1 is 1.03 bits per heavy atom. The smallest absolute Gasteiger partial charge is 0.253 e. The molecule has 1 amide bonds. The topological polar surface area (TPSA) is 41.6 Å². The average Bonchev–Trinajstić information content (AvgIpc) is 2.77. The predicted molar refractivity (Wildman–Crippen MR) is 135 cm³/mol. The van der Waals surface area contributed by atoms with Crippen LogP contribution in [0.25, 0.3) is 0 Å². The third-order valence-corrected chi connectivity index (χ3v) is 5.61. The van der Waals surface area contributed by atoms with Gasteiger partial charge in [0.15, 0.2) is 0 Å². The quantitative estimate of drug-likeness (QED) is 0.383. The van der Waals surface area contributed by atoms with Crippen LogP contribution < -0.4 is 10.1 Å². The van der Waals surface area contributed by atoms with E-state index < -0.39 is 0 Å². The van der Waals surface area contributed by atoms with Crippen LogP contribution in [0.2, 0.25) is 0 Å². The molecule has 2 rings (SSSR count). The summed E-state index contributed by atoms with van der Waals surface area (Å²) in [5, 5.41) is 2.97. The number of anilines is 1. The highest BCUT2D eigenvalue weighted by molar-refractivity contribution is 6.03. The lowest BCUT2D eigenvalue weighted by molar-refractivity contribution is -0.112. The lowest BCUT2D eigenvalue weighted by Crippen LogP contribution is -2.21. The van der Waals surface area contributed by atoms with Crippen molar-refractivity contribution < 1.29 is 9.53 Å². The van der Waals surface area contributed by atoms with E-state index in [0.717, 1.165) is 23.6 Å². The fourth-order valence-electron chi connectivity index (χ4n) is 3.18. The molecule has 2 aromatic rings. The molecule has 0 saturated heterocycles. The zero-order valence-electron chi connectivity index (χ0n) is 20.4. The van der Waals surface area contributed by atoms with Gasteiger partial charge in [0.2, 0.25) is 0 Å². The van der Waals surface area contributed by atoms with Gasteiger partial charge >= 0.3 is 0 Å². The van der Waals surface area contributed by atoms with Gasteiger partial charge in [-0.25, -0.2) is 0 Å². The minimum Gasteiger partial charge on any atom is -0.494 e. The van der Waals surface area contributed by atoms with E-state index in [0.29, 0.717) is 30.6 Å². The van der Waals surface area contributed by atoms with Crippen LogP contribution in [0, 0.1) is 5.92 Å². The third-order valence-electron chi connectivity index (χ3n) is 5.61. The molecule has 0 fully saturated rings. The highest BCUT2D eigenvalue weighted by Gasteiger charge is 2.13. The number of nitrogens with zero attached hydrogens (tertiary/aromatic N) is 1. The van der Waals surface area contributed by atoms with Crippen LogP contribution in [0.1, 0.15) is 65.0 Å². The number of benzene rings is 2. The first-order valence-corrected chi connectivity index (χ1v) is 11.4. The maximum absolute atomic E-state index is 12.8. The van der Waals surface area contributed by atoms with Gasteiger partial charge in [0.1, 0.15) is 5.75 Å². The van der Waals surface area contributed by atoms with Crippen LogP contribution in [0.5, 0.6) is 5.75 Å². The van der Waals surface area contributed by atoms with Gasteiger partial charge in [-0.15, -0.1) is 0 Å². The summed E-state index contributed by atoms with van der Waals surface area (Å²) < 4.78 is 5.75. The molecule has 0 spiro atoms. The monoisotopic (exact) mass is 434 g/mol. The van der Waals surface area contributed by atoms with Crippen LogP contribution in [0.4, 0.5) is 5.69 Å². The van der Waals surface area contributed by atoms with Crippen LogP contribution in [0.15, 0.2) is 72.6 Å². The predicted octanol–water partition coefficient (Wildman–Crippen LogP) is 7.11. The largest absolute Gasteiger partial charge is 0.494 e. The Morgan fingerprint density at radius 3 is 2.19 bits per heavy atom. The Balaban J connectivity index is 2.01. The first-order chi connectivity index (χ1) is 15.2. The van der Waals surface area contributed by atoms with Gasteiger partial charge in [-0.2, -0.15) is 0 Å². The minimum atomic E-state index is -0.127. The maximum atomic E-state index is 12.8. The van der Waals surface area contributed by atoms with Gasteiger partial charge in [0.25, 0.3) is 5.91 Å². The molecule has 0 bridgehead atoms. The summed E-state index contributed by atoms with van der Waals surface area (Å²) >= 11 is 0. The summed E-state index contributed by atoms with van der Waals surface area (Å²) in [4.78, 5) is 14.8. The number of carbonyl (C=O) groups excluding carboxylic acids is 1. The number of hydrogen-bond acceptors (Lipinski definition) is 3. The Labute approximate surface area is 194 Å². The molecule has 0 aliphatic heterocycles. The Morgan fingerprint density at radius 2 is 1.66 bits per heavy atom. The van der Waals surface area contributed by atoms with E-state index in [4.69, 9.17) is 4.74 Å². The van der Waals surface area contributed by atoms with E-state index in [1.807, 2.05) is 43.0 Å². The molecule has 4 nitrogen and oxygen atoms in total. The lowest BCUT2D eigenvalue weighted by atomic mass is 10.0. The summed E-state index contributed by atoms with van der Waals surface area (Å²) in [6.45, 7) is 17.8. The molecule has 4 heteroatoms. The number of ether oxygens (including phenoxy) is 1. The number of amides is 1. The van der Waals surface area contributed by atoms with Crippen LogP contribution in [-0.4, -0.2) is 17.4 Å². The third kappa shape index (κ3) is 7.60. The zero-order valence-corrected chi connectivity index (χ0v) is 20.4. The van der Waals surface area contributed by atoms with Crippen molar-refractivity contribution in [3.05, 3.63) is 83.7 Å². The molecule has 0 aliphatic rings. The van der Waals surface area contributed by atoms with Crippen LogP contribution >= 0.6 is 0 Å². The standard InChI is InChI=1S/C28H38N2O2/c1-8-30(19-24-9-11-25(12-10-24)21(4)5)23(7)22(6)28(31)29-26-13-15-27(16-14-26)32-18-17-20(2)3/h8-16,20-21H,1,17-19H2,2-7H3,(H,29,31)/b23-22+. The van der Waals surface area contributed by atoms with E-state index in [-0.39, 0.29) is 5.91 Å². The number of allylic oxidation sites excluding steroid dienone is 1. The van der Waals surface area contributed by atoms with Crippen molar-refractivity contribution in [2.75, 3.05) is 11.9 Å². The number of hydrogen-bond donors (Lipinski definition) is 1. The van der Waals surface area contributed by atoms with Gasteiger partial charge in [-0.1, -0.05) is 58.5 Å². The lowest BCUT2D eigenvalue weighted by Gasteiger charge is -2.23. The summed E-state index contributed by atoms with van der Waals surface area (Å²) in [6.07, 6.45) is 2.79. The van der Waals surface area contributed by atoms with Crippen LogP contribution in [0.3, 0.4) is 0 Å². The second kappa shape index (κ2) is 12.1. The van der Waals surface area contributed by atoms with Crippen molar-refractivity contribution in [2.45, 2.75) is 60.4 Å². The summed E-state index contributed by atoms with van der Waals surface area (Å²) in [6, 6.07) is 16.1. The molecule has 0 aromatic heterocycles. The van der Waals surface area contributed by atoms with Crippen molar-refractivity contribution in [3.63, 3.8) is 0 Å². The van der Waals surface area contributed by atoms with Gasteiger partial charge in [0, 0.05) is 23.5 Å². The number of rotatable bonds is 11. The molecular formula is C28H38N2O2. The first-order valence-electron chi connectivity index (χ1n) is 11.4. The summed E-state index contributed by atoms with van der Waals surface area (Å²) in [5.74, 6) is 1.81. The van der Waals surface area contributed by atoms with Crippen LogP contribution in [-0.2, 0) is 11.3 Å². The van der Waals surface area contributed by atoms with Crippen molar-refractivity contribution >= 4 is 11.6 Å². The number of carbonyl (C=O) groups is 1. The molecule has 0 radical (unpaired) electrons. The normalized spacial score (nSPS) is 11.9. The van der Waals surface area contributed by atoms with Crippen molar-refractivity contribution in [2.24, 2.45) is 5.92 Å². The first kappa shape index (κ1) is 25.3. The Bertz CT molecular complexity index is 909. The molecule has 172 valence electrons. The van der Waals surface area contributed by atoms with E-state index in [1.54, 1.807) is 6.20 Å². The molecular weight excluding hydrogens is 396 g/mol. The highest BCUT2D eigenvalue weighted by atomic mass is 16.5. The molecule has 0 saturated carbocycles. The maximum Gasteiger partial charge on any atom is 0.253 e. The van der Waals surface area contributed by atoms with Crippen molar-refractivity contribution in [3.8, 4) is 5.75 Å². The molecule has 32 heavy (non-hydrogen) atoms. The minimum absolute atomic E-state index is 0.127. The van der Waals surface area contributed by atoms with E-state index >= 15 is 0 Å². The van der Waals surface area contributed by atoms with Gasteiger partial charge in [0.05, 0.1) is 6.61 Å². The molecule has 0 aliphatic carbocycles. The summed E-state index contributed by atoms with van der Waals surface area (Å²) in [7, 11) is 0. The second-order valence-electron chi connectivity index (χ2n) is 8.93. The summed E-state index contributed by atoms with van der Waals surface area (Å²) in [5.41, 5.74) is 4.76. The zero-order chi connectivity index (χ0) is 23.7. The van der Waals surface area contributed by atoms with Crippen molar-refractivity contribution in [1.29, 1.82) is 0 Å². The SMILES string of the molecule is C=CN(Cc1ccc(C(C)C)cc1)/C(C)=C(\C)C(=O)Nc1ccc(OCCC(C)C)cc1. The van der Waals surface area contributed by atoms with Gasteiger partial charge in [-0.05, 0) is 73.7 Å². The molecule has 0 unspecified atom stereocenters. The fraction of sp³-hybridized carbons (Fsp3) is 0.393. The Kier molecular flexibility index (Phi) is 9.58. The van der Waals surface area contributed by atoms with E-state index in [9.17, 15) is 4.79 Å². The van der Waals surface area contributed by atoms with Gasteiger partial charge in [-0.3, -0.25) is 4.79 Å². The van der Waals surface area contributed by atoms with Gasteiger partial charge < -0.3 is 15.0 Å². The average molecular weight is 435 g/mol. The second-order valence-corrected chi connectivity index (χ2v) is 8.93. The van der Waals surface area contributed by atoms with Crippen molar-refractivity contribution in [1.82, 2.24) is 4.90 Å². The molecule has 1 N–H and O–H groups in total. The number of nitrogens with one attached hydrogen (secondary N) is 1. The molecule has 0 heterocycles. The highest BCUT2D eigenvalue weighted by Crippen LogP contribution is 2.21. The molecule has 0 atom stereocenters. The van der Waals surface area contributed by atoms with E-state index in [1.165, 1.54) is 11.1 Å². The Hall–Kier alpha value is -3.01.